The van der Waals surface area contributed by atoms with Crippen LogP contribution in [0.25, 0.3) is 5.32 Å². The molecule has 0 spiro atoms. The Bertz CT molecular complexity index is 982. The zero-order chi connectivity index (χ0) is 21.7. The molecule has 0 bridgehead atoms. The first-order chi connectivity index (χ1) is 14.2. The lowest BCUT2D eigenvalue weighted by molar-refractivity contribution is -0.137. The third-order valence-electron chi connectivity index (χ3n) is 3.88. The van der Waals surface area contributed by atoms with Gasteiger partial charge in [-0.25, -0.2) is 13.8 Å². The quantitative estimate of drug-likeness (QED) is 0.390. The van der Waals surface area contributed by atoms with E-state index in [-0.39, 0.29) is 23.3 Å². The van der Waals surface area contributed by atoms with E-state index in [9.17, 15) is 22.0 Å². The third kappa shape index (κ3) is 5.53. The summed E-state index contributed by atoms with van der Waals surface area (Å²) in [6.07, 6.45) is -5.13. The van der Waals surface area contributed by atoms with E-state index < -0.39 is 23.9 Å². The van der Waals surface area contributed by atoms with Crippen LogP contribution in [0.4, 0.5) is 27.8 Å². The van der Waals surface area contributed by atoms with E-state index in [1.54, 1.807) is 24.3 Å². The van der Waals surface area contributed by atoms with Crippen LogP contribution in [-0.2, 0) is 12.6 Å². The molecule has 2 heterocycles. The van der Waals surface area contributed by atoms with Gasteiger partial charge in [-0.1, -0.05) is 23.7 Å². The van der Waals surface area contributed by atoms with Gasteiger partial charge in [-0.15, -0.1) is 0 Å². The Labute approximate surface area is 172 Å². The van der Waals surface area contributed by atoms with Crippen LogP contribution in [-0.4, -0.2) is 21.5 Å². The predicted octanol–water partition coefficient (Wildman–Crippen LogP) is 6.52. The van der Waals surface area contributed by atoms with E-state index in [0.29, 0.717) is 18.4 Å². The highest BCUT2D eigenvalue weighted by atomic mass is 35.5. The summed E-state index contributed by atoms with van der Waals surface area (Å²) in [5.41, 5.74) is -0.562. The van der Waals surface area contributed by atoms with Gasteiger partial charge in [-0.2, -0.15) is 13.2 Å². The summed E-state index contributed by atoms with van der Waals surface area (Å²) in [6.45, 7) is 0.250. The lowest BCUT2D eigenvalue weighted by Gasteiger charge is -2.17. The van der Waals surface area contributed by atoms with Crippen molar-refractivity contribution in [3.8, 4) is 11.6 Å². The van der Waals surface area contributed by atoms with Gasteiger partial charge in [0.1, 0.15) is 11.4 Å². The summed E-state index contributed by atoms with van der Waals surface area (Å²) in [4.78, 5) is 10.9. The molecular weight excluding hydrogens is 431 g/mol. The number of nitrogens with zero attached hydrogens (tertiary/aromatic N) is 4. The predicted molar refractivity (Wildman–Crippen MR) is 99.3 cm³/mol. The number of halogens is 6. The molecule has 3 rings (SSSR count). The Balaban J connectivity index is 1.54. The van der Waals surface area contributed by atoms with E-state index in [1.807, 2.05) is 0 Å². The average molecular weight is 444 g/mol. The highest BCUT2D eigenvalue weighted by molar-refractivity contribution is 6.33. The van der Waals surface area contributed by atoms with Crippen molar-refractivity contribution in [3.05, 3.63) is 76.1 Å². The molecule has 11 heteroatoms. The molecule has 0 atom stereocenters. The molecule has 0 amide bonds. The molecule has 158 valence electrons. The fraction of sp³-hybridized carbons (Fsp3) is 0.211. The van der Waals surface area contributed by atoms with E-state index in [2.05, 4.69) is 20.3 Å². The number of pyridine rings is 1. The largest absolute Gasteiger partial charge is 0.464 e. The topological polar surface area (TPSA) is 62.0 Å². The van der Waals surface area contributed by atoms with Crippen molar-refractivity contribution in [1.29, 1.82) is 0 Å². The fourth-order valence-corrected chi connectivity index (χ4v) is 2.62. The van der Waals surface area contributed by atoms with E-state index in [1.165, 1.54) is 0 Å². The summed E-state index contributed by atoms with van der Waals surface area (Å²) in [6, 6.07) is 8.75. The molecule has 0 aliphatic heterocycles. The molecular formula is C19H13ClF5N4O-. The summed E-state index contributed by atoms with van der Waals surface area (Å²) in [5, 5.41) is 3.84. The van der Waals surface area contributed by atoms with Gasteiger partial charge in [-0.05, 0) is 42.5 Å². The molecule has 0 fully saturated rings. The Hall–Kier alpha value is -3.01. The molecule has 0 N–H and O–H groups in total. The van der Waals surface area contributed by atoms with Crippen molar-refractivity contribution in [2.75, 3.05) is 6.54 Å². The van der Waals surface area contributed by atoms with Crippen molar-refractivity contribution in [3.63, 3.8) is 0 Å². The maximum absolute atomic E-state index is 12.8. The monoisotopic (exact) mass is 443 g/mol. The van der Waals surface area contributed by atoms with Crippen LogP contribution in [0.5, 0.6) is 11.6 Å². The standard InChI is InChI=1S/C19H13ClF5N4O/c20-15-16(17(21)22)28-10-29-18(15)26-8-7-11-1-4-13(5-2-11)30-14-6-3-12(9-27-14)19(23,24)25/h1-6,9-10,17H,7-8H2/q-1. The van der Waals surface area contributed by atoms with Gasteiger partial charge < -0.3 is 15.0 Å². The molecule has 1 aromatic carbocycles. The maximum atomic E-state index is 12.8. The lowest BCUT2D eigenvalue weighted by atomic mass is 10.1. The second-order valence-corrected chi connectivity index (χ2v) is 6.34. The van der Waals surface area contributed by atoms with Gasteiger partial charge >= 0.3 is 6.18 Å². The van der Waals surface area contributed by atoms with Crippen LogP contribution in [0.3, 0.4) is 0 Å². The Morgan fingerprint density at radius 2 is 1.73 bits per heavy atom. The van der Waals surface area contributed by atoms with Crippen LogP contribution >= 0.6 is 11.6 Å². The van der Waals surface area contributed by atoms with Crippen molar-refractivity contribution >= 4 is 17.4 Å². The number of ether oxygens (including phenoxy) is 1. The first kappa shape index (κ1) is 21.7. The molecule has 30 heavy (non-hydrogen) atoms. The van der Waals surface area contributed by atoms with Gasteiger partial charge in [0.05, 0.1) is 10.6 Å². The molecule has 0 aliphatic rings. The summed E-state index contributed by atoms with van der Waals surface area (Å²) >= 11 is 5.83. The molecule has 5 nitrogen and oxygen atoms in total. The van der Waals surface area contributed by atoms with Gasteiger partial charge in [0.15, 0.2) is 0 Å². The van der Waals surface area contributed by atoms with Crippen molar-refractivity contribution < 1.29 is 26.7 Å². The summed E-state index contributed by atoms with van der Waals surface area (Å²) in [7, 11) is 0. The SMILES string of the molecule is FC(F)c1ncnc([N-]CCc2ccc(Oc3ccc(C(F)(F)F)cn3)cc2)c1Cl. The molecule has 3 aromatic rings. The van der Waals surface area contributed by atoms with Gasteiger partial charge in [-0.3, -0.25) is 4.98 Å². The Morgan fingerprint density at radius 1 is 1.00 bits per heavy atom. The second-order valence-electron chi connectivity index (χ2n) is 5.96. The second kappa shape index (κ2) is 9.21. The van der Waals surface area contributed by atoms with Crippen LogP contribution in [0.1, 0.15) is 23.2 Å². The van der Waals surface area contributed by atoms with Crippen molar-refractivity contribution in [1.82, 2.24) is 15.0 Å². The van der Waals surface area contributed by atoms with Crippen molar-refractivity contribution in [2.24, 2.45) is 0 Å². The van der Waals surface area contributed by atoms with Crippen LogP contribution in [0.2, 0.25) is 5.02 Å². The Kier molecular flexibility index (Phi) is 6.66. The molecule has 0 aliphatic carbocycles. The highest BCUT2D eigenvalue weighted by Gasteiger charge is 2.30. The number of hydrogen-bond donors (Lipinski definition) is 0. The van der Waals surface area contributed by atoms with Crippen LogP contribution < -0.4 is 4.74 Å². The molecule has 0 unspecified atom stereocenters. The first-order valence-electron chi connectivity index (χ1n) is 8.50. The lowest BCUT2D eigenvalue weighted by Crippen LogP contribution is -2.05. The molecule has 0 saturated heterocycles. The van der Waals surface area contributed by atoms with Crippen molar-refractivity contribution in [2.45, 2.75) is 19.0 Å². The van der Waals surface area contributed by atoms with Crippen LogP contribution in [0, 0.1) is 0 Å². The minimum absolute atomic E-state index is 0.00435. The molecule has 2 aromatic heterocycles. The highest BCUT2D eigenvalue weighted by Crippen LogP contribution is 2.33. The molecule has 0 saturated carbocycles. The Morgan fingerprint density at radius 3 is 2.33 bits per heavy atom. The van der Waals surface area contributed by atoms with Crippen LogP contribution in [0.15, 0.2) is 48.9 Å². The van der Waals surface area contributed by atoms with E-state index >= 15 is 0 Å². The summed E-state index contributed by atoms with van der Waals surface area (Å²) < 4.78 is 68.6. The average Bonchev–Trinajstić information content (AvgIpc) is 2.70. The minimum Gasteiger partial charge on any atom is -0.464 e. The zero-order valence-corrected chi connectivity index (χ0v) is 15.8. The number of benzene rings is 1. The minimum atomic E-state index is -4.46. The number of rotatable bonds is 7. The first-order valence-corrected chi connectivity index (χ1v) is 8.88. The maximum Gasteiger partial charge on any atom is 0.417 e. The van der Waals surface area contributed by atoms with E-state index in [0.717, 1.165) is 24.0 Å². The fourth-order valence-electron chi connectivity index (χ4n) is 2.38. The van der Waals surface area contributed by atoms with Gasteiger partial charge in [0.2, 0.25) is 5.88 Å². The number of aromatic nitrogens is 3. The third-order valence-corrected chi connectivity index (χ3v) is 4.24. The van der Waals surface area contributed by atoms with Gasteiger partial charge in [0.25, 0.3) is 6.43 Å². The number of alkyl halides is 5. The smallest absolute Gasteiger partial charge is 0.417 e. The zero-order valence-electron chi connectivity index (χ0n) is 15.1. The molecule has 0 radical (unpaired) electrons. The van der Waals surface area contributed by atoms with E-state index in [4.69, 9.17) is 16.3 Å². The normalized spacial score (nSPS) is 11.6. The summed E-state index contributed by atoms with van der Waals surface area (Å²) in [5.74, 6) is 0.414. The number of hydrogen-bond acceptors (Lipinski definition) is 4. The van der Waals surface area contributed by atoms with Gasteiger partial charge in [0, 0.05) is 18.6 Å².